The minimum atomic E-state index is -1.76. The quantitative estimate of drug-likeness (QED) is 0.204. The molecule has 4 nitrogen and oxygen atoms in total. The second kappa shape index (κ2) is 12.0. The normalized spacial score (nSPS) is 23.7. The third kappa shape index (κ3) is 8.10. The minimum absolute atomic E-state index is 0.0397. The Balaban J connectivity index is 2.50. The molecular weight excluding hydrogens is 380 g/mol. The highest BCUT2D eigenvalue weighted by atomic mass is 28.4. The lowest BCUT2D eigenvalue weighted by molar-refractivity contribution is -0.303. The summed E-state index contributed by atoms with van der Waals surface area (Å²) in [6.07, 6.45) is 6.89. The molecule has 0 saturated carbocycles. The Hall–Kier alpha value is -0.203. The van der Waals surface area contributed by atoms with Gasteiger partial charge in [-0.3, -0.25) is 0 Å². The van der Waals surface area contributed by atoms with E-state index in [-0.39, 0.29) is 18.3 Å². The van der Waals surface area contributed by atoms with Crippen LogP contribution in [0.3, 0.4) is 0 Å². The molecule has 0 bridgehead atoms. The Kier molecular flexibility index (Phi) is 11.1. The second-order valence-electron chi connectivity index (χ2n) is 10.2. The molecule has 0 aromatic heterocycles. The van der Waals surface area contributed by atoms with Crippen molar-refractivity contribution in [2.75, 3.05) is 6.61 Å². The molecule has 29 heavy (non-hydrogen) atoms. The Bertz CT molecular complexity index is 454. The summed E-state index contributed by atoms with van der Waals surface area (Å²) in [6, 6.07) is 0. The highest BCUT2D eigenvalue weighted by Crippen LogP contribution is 2.42. The van der Waals surface area contributed by atoms with Gasteiger partial charge in [0.15, 0.2) is 14.1 Å². The van der Waals surface area contributed by atoms with Crippen molar-refractivity contribution in [2.24, 2.45) is 0 Å². The van der Waals surface area contributed by atoms with E-state index in [1.54, 1.807) is 6.08 Å². The van der Waals surface area contributed by atoms with Gasteiger partial charge in [-0.05, 0) is 56.2 Å². The number of aliphatic hydroxyl groups is 1. The first-order valence-electron chi connectivity index (χ1n) is 11.7. The van der Waals surface area contributed by atoms with Gasteiger partial charge in [0.1, 0.15) is 0 Å². The standard InChI is InChI=1S/C24H48O4Si/c1-10-13-21(25)16-23-17-22(27-24(8,9)28-23)14-11-12-15-26-29(18(2)3,19(4)5)20(6)7/h10,18-23,25H,1,11-17H2,2-9H3/t21-,22-,23+/m1/s1. The average molecular weight is 429 g/mol. The largest absolute Gasteiger partial charge is 0.416 e. The van der Waals surface area contributed by atoms with Crippen LogP contribution in [0, 0.1) is 0 Å². The van der Waals surface area contributed by atoms with Gasteiger partial charge in [-0.25, -0.2) is 0 Å². The van der Waals surface area contributed by atoms with Crippen molar-refractivity contribution in [3.63, 3.8) is 0 Å². The van der Waals surface area contributed by atoms with Crippen LogP contribution in [0.15, 0.2) is 12.7 Å². The lowest BCUT2D eigenvalue weighted by Crippen LogP contribution is -2.48. The monoisotopic (exact) mass is 428 g/mol. The van der Waals surface area contributed by atoms with E-state index in [9.17, 15) is 5.11 Å². The Labute approximate surface area is 181 Å². The summed E-state index contributed by atoms with van der Waals surface area (Å²) >= 11 is 0. The maximum atomic E-state index is 10.1. The number of unbranched alkanes of at least 4 members (excludes halogenated alkanes) is 1. The molecule has 0 amide bonds. The topological polar surface area (TPSA) is 47.9 Å². The van der Waals surface area contributed by atoms with E-state index in [1.807, 2.05) is 13.8 Å². The first-order valence-corrected chi connectivity index (χ1v) is 13.9. The smallest absolute Gasteiger partial charge is 0.200 e. The summed E-state index contributed by atoms with van der Waals surface area (Å²) in [4.78, 5) is 0. The van der Waals surface area contributed by atoms with Gasteiger partial charge in [-0.15, -0.1) is 6.58 Å². The number of aliphatic hydroxyl groups excluding tert-OH is 1. The molecule has 1 fully saturated rings. The summed E-state index contributed by atoms with van der Waals surface area (Å²) in [6.45, 7) is 22.5. The van der Waals surface area contributed by atoms with Crippen LogP contribution in [-0.4, -0.2) is 44.1 Å². The predicted molar refractivity (Wildman–Crippen MR) is 125 cm³/mol. The van der Waals surface area contributed by atoms with Crippen molar-refractivity contribution >= 4 is 8.32 Å². The van der Waals surface area contributed by atoms with Crippen LogP contribution < -0.4 is 0 Å². The number of rotatable bonds is 13. The van der Waals surface area contributed by atoms with Crippen molar-refractivity contribution in [2.45, 2.75) is 135 Å². The zero-order valence-corrected chi connectivity index (χ0v) is 21.4. The molecule has 5 heteroatoms. The molecule has 0 spiro atoms. The number of hydrogen-bond acceptors (Lipinski definition) is 4. The summed E-state index contributed by atoms with van der Waals surface area (Å²) in [7, 11) is -1.76. The molecule has 1 N–H and O–H groups in total. The minimum Gasteiger partial charge on any atom is -0.416 e. The van der Waals surface area contributed by atoms with Crippen molar-refractivity contribution in [1.29, 1.82) is 0 Å². The zero-order valence-electron chi connectivity index (χ0n) is 20.4. The van der Waals surface area contributed by atoms with E-state index in [4.69, 9.17) is 13.9 Å². The van der Waals surface area contributed by atoms with Crippen LogP contribution in [0.5, 0.6) is 0 Å². The average Bonchev–Trinajstić information content (AvgIpc) is 2.55. The first-order chi connectivity index (χ1) is 13.4. The summed E-state index contributed by atoms with van der Waals surface area (Å²) in [5.41, 5.74) is 1.89. The number of hydrogen-bond donors (Lipinski definition) is 1. The number of ether oxygens (including phenoxy) is 2. The lowest BCUT2D eigenvalue weighted by Gasteiger charge is -2.42. The Morgan fingerprint density at radius 1 is 1.03 bits per heavy atom. The molecule has 1 aliphatic heterocycles. The summed E-state index contributed by atoms with van der Waals surface area (Å²) in [5, 5.41) is 10.1. The molecule has 0 aliphatic carbocycles. The van der Waals surface area contributed by atoms with E-state index in [2.05, 4.69) is 48.1 Å². The van der Waals surface area contributed by atoms with E-state index >= 15 is 0 Å². The van der Waals surface area contributed by atoms with Crippen molar-refractivity contribution in [3.8, 4) is 0 Å². The molecule has 1 aliphatic rings. The fraction of sp³-hybridized carbons (Fsp3) is 0.917. The fourth-order valence-corrected chi connectivity index (χ4v) is 10.9. The van der Waals surface area contributed by atoms with Crippen LogP contribution in [-0.2, 0) is 13.9 Å². The van der Waals surface area contributed by atoms with Crippen molar-refractivity contribution in [1.82, 2.24) is 0 Å². The summed E-state index contributed by atoms with van der Waals surface area (Å²) in [5.74, 6) is -0.590. The molecule has 1 rings (SSSR count). The molecule has 1 saturated heterocycles. The van der Waals surface area contributed by atoms with Crippen LogP contribution in [0.4, 0.5) is 0 Å². The van der Waals surface area contributed by atoms with E-state index < -0.39 is 14.1 Å². The third-order valence-corrected chi connectivity index (χ3v) is 12.5. The van der Waals surface area contributed by atoms with Crippen LogP contribution in [0.2, 0.25) is 16.6 Å². The SMILES string of the molecule is C=CC[C@@H](O)C[C@H]1C[C@@H](CCCCO[Si](C(C)C)(C(C)C)C(C)C)OC(C)(C)O1. The fourth-order valence-electron chi connectivity index (χ4n) is 5.36. The zero-order chi connectivity index (χ0) is 22.2. The maximum Gasteiger partial charge on any atom is 0.200 e. The van der Waals surface area contributed by atoms with Gasteiger partial charge in [-0.1, -0.05) is 47.6 Å². The highest BCUT2D eigenvalue weighted by molar-refractivity contribution is 6.77. The van der Waals surface area contributed by atoms with Gasteiger partial charge in [0, 0.05) is 19.4 Å². The maximum absolute atomic E-state index is 10.1. The van der Waals surface area contributed by atoms with Gasteiger partial charge in [-0.2, -0.15) is 0 Å². The van der Waals surface area contributed by atoms with E-state index in [0.29, 0.717) is 29.5 Å². The van der Waals surface area contributed by atoms with Crippen LogP contribution in [0.1, 0.15) is 93.9 Å². The molecule has 172 valence electrons. The van der Waals surface area contributed by atoms with Gasteiger partial charge >= 0.3 is 0 Å². The van der Waals surface area contributed by atoms with Crippen LogP contribution in [0.25, 0.3) is 0 Å². The Morgan fingerprint density at radius 2 is 1.59 bits per heavy atom. The van der Waals surface area contributed by atoms with Gasteiger partial charge < -0.3 is 19.0 Å². The van der Waals surface area contributed by atoms with Crippen molar-refractivity contribution in [3.05, 3.63) is 12.7 Å². The second-order valence-corrected chi connectivity index (χ2v) is 15.7. The molecular formula is C24H48O4Si. The molecule has 1 heterocycles. The van der Waals surface area contributed by atoms with E-state index in [1.165, 1.54) is 0 Å². The molecule has 0 aromatic rings. The van der Waals surface area contributed by atoms with Gasteiger partial charge in [0.25, 0.3) is 0 Å². The first kappa shape index (κ1) is 26.8. The van der Waals surface area contributed by atoms with Crippen LogP contribution >= 0.6 is 0 Å². The molecule has 3 atom stereocenters. The van der Waals surface area contributed by atoms with Gasteiger partial charge in [0.2, 0.25) is 0 Å². The molecule has 0 aromatic carbocycles. The highest BCUT2D eigenvalue weighted by Gasteiger charge is 2.44. The van der Waals surface area contributed by atoms with Gasteiger partial charge in [0.05, 0.1) is 18.3 Å². The Morgan fingerprint density at radius 3 is 2.10 bits per heavy atom. The molecule has 0 radical (unpaired) electrons. The van der Waals surface area contributed by atoms with E-state index in [0.717, 1.165) is 32.3 Å². The lowest BCUT2D eigenvalue weighted by atomic mass is 9.98. The summed E-state index contributed by atoms with van der Waals surface area (Å²) < 4.78 is 18.9. The van der Waals surface area contributed by atoms with Crippen molar-refractivity contribution < 1.29 is 19.0 Å². The predicted octanol–water partition coefficient (Wildman–Crippen LogP) is 6.59. The molecule has 0 unspecified atom stereocenters. The third-order valence-electron chi connectivity index (χ3n) is 6.38.